The zero-order valence-corrected chi connectivity index (χ0v) is 18.7. The Kier molecular flexibility index (Phi) is 5.57. The predicted octanol–water partition coefficient (Wildman–Crippen LogP) is 2.84. The zero-order chi connectivity index (χ0) is 23.8. The number of aromatic nitrogens is 9. The summed E-state index contributed by atoms with van der Waals surface area (Å²) in [6, 6.07) is -1.26. The largest absolute Gasteiger partial charge is 0.342 e. The number of nitrogens with one attached hydrogen (secondary N) is 2. The molecule has 2 N–H and O–H groups in total. The van der Waals surface area contributed by atoms with Gasteiger partial charge >= 0.3 is 0 Å². The molecule has 34 heavy (non-hydrogen) atoms. The van der Waals surface area contributed by atoms with Crippen LogP contribution in [0.1, 0.15) is 47.7 Å². The van der Waals surface area contributed by atoms with E-state index in [1.54, 1.807) is 42.2 Å². The molecule has 2 atom stereocenters. The van der Waals surface area contributed by atoms with E-state index in [-0.39, 0.29) is 11.3 Å². The summed E-state index contributed by atoms with van der Waals surface area (Å²) in [5, 5.41) is 17.6. The highest BCUT2D eigenvalue weighted by molar-refractivity contribution is 7.14. The maximum absolute atomic E-state index is 13.6. The van der Waals surface area contributed by atoms with E-state index in [9.17, 15) is 13.6 Å². The topological polar surface area (TPSA) is 132 Å². The van der Waals surface area contributed by atoms with E-state index in [1.165, 1.54) is 17.7 Å². The van der Waals surface area contributed by atoms with E-state index >= 15 is 0 Å². The van der Waals surface area contributed by atoms with Crippen LogP contribution >= 0.6 is 11.3 Å². The second-order valence-corrected chi connectivity index (χ2v) is 8.74. The van der Waals surface area contributed by atoms with Crippen molar-refractivity contribution in [2.75, 3.05) is 0 Å². The number of H-pyrrole nitrogens is 1. The number of rotatable bonds is 6. The molecular weight excluding hydrogens is 466 g/mol. The molecule has 11 nitrogen and oxygen atoms in total. The van der Waals surface area contributed by atoms with Gasteiger partial charge in [-0.1, -0.05) is 11.3 Å². The van der Waals surface area contributed by atoms with Gasteiger partial charge in [0.15, 0.2) is 0 Å². The van der Waals surface area contributed by atoms with Crippen LogP contribution in [0.3, 0.4) is 0 Å². The molecule has 0 aromatic carbocycles. The lowest BCUT2D eigenvalue weighted by Crippen LogP contribution is -2.28. The molecule has 0 aliphatic carbocycles. The molecule has 1 aliphatic rings. The van der Waals surface area contributed by atoms with Gasteiger partial charge in [0.05, 0.1) is 24.0 Å². The summed E-state index contributed by atoms with van der Waals surface area (Å²) in [5.74, 6) is 0.489. The monoisotopic (exact) mass is 484 g/mol. The van der Waals surface area contributed by atoms with Crippen LogP contribution in [0.5, 0.6) is 0 Å². The average Bonchev–Trinajstić information content (AvgIpc) is 3.60. The minimum atomic E-state index is -2.78. The van der Waals surface area contributed by atoms with Gasteiger partial charge in [-0.15, -0.1) is 16.4 Å². The molecule has 14 heteroatoms. The number of aromatic amines is 1. The summed E-state index contributed by atoms with van der Waals surface area (Å²) >= 11 is 1.45. The lowest BCUT2D eigenvalue weighted by atomic mass is 10.2. The summed E-state index contributed by atoms with van der Waals surface area (Å²) in [4.78, 5) is 27.1. The number of amides is 1. The van der Waals surface area contributed by atoms with Crippen LogP contribution in [0.4, 0.5) is 8.78 Å². The average molecular weight is 484 g/mol. The molecule has 0 saturated heterocycles. The third-order valence-corrected chi connectivity index (χ3v) is 6.14. The van der Waals surface area contributed by atoms with Crippen LogP contribution in [0.25, 0.3) is 16.9 Å². The Morgan fingerprint density at radius 3 is 2.79 bits per heavy atom. The molecule has 4 aromatic heterocycles. The minimum Gasteiger partial charge on any atom is -0.342 e. The van der Waals surface area contributed by atoms with Gasteiger partial charge in [0.25, 0.3) is 12.3 Å². The van der Waals surface area contributed by atoms with Crippen molar-refractivity contribution in [3.63, 3.8) is 0 Å². The van der Waals surface area contributed by atoms with E-state index in [4.69, 9.17) is 0 Å². The number of hydrogen-bond donors (Lipinski definition) is 2. The molecule has 0 spiro atoms. The number of alkyl halides is 2. The number of carbonyl (C=O) groups excluding carboxylic acids is 1. The first-order chi connectivity index (χ1) is 16.4. The van der Waals surface area contributed by atoms with Crippen molar-refractivity contribution < 1.29 is 13.6 Å². The quantitative estimate of drug-likeness (QED) is 0.430. The molecule has 174 valence electrons. The summed E-state index contributed by atoms with van der Waals surface area (Å²) in [7, 11) is 0. The molecular formula is C20H18F2N10OS. The molecule has 1 aliphatic heterocycles. The standard InChI is InChI=1S/C20H18F2N10OS/c1-10-5-24-20(34-10)15-6-23-18-13(32-14(16(21)22)7-26-30-32)4-3-12(8-31(15)18)19(33)28-11(2)17-25-9-27-29-17/h3-9,11,13,16H,1-2H3,(H,28,33)(H,25,27,29)/t11-,13?/m0/s1. The molecule has 1 unspecified atom stereocenters. The Balaban J connectivity index is 1.58. The first-order valence-corrected chi connectivity index (χ1v) is 11.0. The second kappa shape index (κ2) is 8.70. The van der Waals surface area contributed by atoms with Gasteiger partial charge in [-0.25, -0.2) is 28.4 Å². The highest BCUT2D eigenvalue weighted by Crippen LogP contribution is 2.33. The molecule has 5 heterocycles. The second-order valence-electron chi connectivity index (χ2n) is 7.51. The Bertz CT molecular complexity index is 1380. The lowest BCUT2D eigenvalue weighted by Gasteiger charge is -2.15. The third-order valence-electron chi connectivity index (χ3n) is 5.20. The van der Waals surface area contributed by atoms with Gasteiger partial charge in [-0.3, -0.25) is 14.5 Å². The minimum absolute atomic E-state index is 0.279. The number of allylic oxidation sites excluding steroid dienone is 1. The van der Waals surface area contributed by atoms with Gasteiger partial charge in [-0.2, -0.15) is 5.10 Å². The van der Waals surface area contributed by atoms with Gasteiger partial charge in [0.1, 0.15) is 40.4 Å². The smallest absolute Gasteiger partial charge is 0.281 e. The van der Waals surface area contributed by atoms with Crippen LogP contribution in [0.2, 0.25) is 0 Å². The van der Waals surface area contributed by atoms with Crippen molar-refractivity contribution in [1.29, 1.82) is 0 Å². The summed E-state index contributed by atoms with van der Waals surface area (Å²) in [5.41, 5.74) is 0.540. The SMILES string of the molecule is Cc1cnc(-c2cnc3n2C=C(C(=O)N[C@@H](C)c2ncn[nH]2)C=CC3n2nncc2C(F)F)s1. The number of halogens is 2. The molecule has 5 rings (SSSR count). The van der Waals surface area contributed by atoms with Crippen LogP contribution < -0.4 is 5.32 Å². The van der Waals surface area contributed by atoms with Gasteiger partial charge < -0.3 is 5.32 Å². The lowest BCUT2D eigenvalue weighted by molar-refractivity contribution is -0.117. The van der Waals surface area contributed by atoms with E-state index in [2.05, 4.69) is 40.8 Å². The fraction of sp³-hybridized carbons (Fsp3) is 0.250. The maximum atomic E-state index is 13.6. The summed E-state index contributed by atoms with van der Waals surface area (Å²) in [6.45, 7) is 3.69. The summed E-state index contributed by atoms with van der Waals surface area (Å²) < 4.78 is 30.0. The zero-order valence-electron chi connectivity index (χ0n) is 17.9. The number of imidazole rings is 1. The molecule has 4 aromatic rings. The summed E-state index contributed by atoms with van der Waals surface area (Å²) in [6.07, 6.45) is 7.66. The number of thiazole rings is 1. The van der Waals surface area contributed by atoms with Crippen molar-refractivity contribution in [1.82, 2.24) is 50.0 Å². The highest BCUT2D eigenvalue weighted by atomic mass is 32.1. The predicted molar refractivity (Wildman–Crippen MR) is 118 cm³/mol. The van der Waals surface area contributed by atoms with E-state index in [0.29, 0.717) is 22.4 Å². The van der Waals surface area contributed by atoms with Crippen LogP contribution in [0.15, 0.2) is 42.6 Å². The molecule has 1 amide bonds. The van der Waals surface area contributed by atoms with E-state index in [1.807, 2.05) is 6.92 Å². The van der Waals surface area contributed by atoms with Crippen molar-refractivity contribution >= 4 is 23.4 Å². The fourth-order valence-electron chi connectivity index (χ4n) is 3.55. The Morgan fingerprint density at radius 1 is 1.24 bits per heavy atom. The van der Waals surface area contributed by atoms with Crippen molar-refractivity contribution in [2.45, 2.75) is 32.4 Å². The van der Waals surface area contributed by atoms with Crippen LogP contribution in [0, 0.1) is 6.92 Å². The van der Waals surface area contributed by atoms with Gasteiger partial charge in [0.2, 0.25) is 0 Å². The molecule has 0 bridgehead atoms. The Hall–Kier alpha value is -4.07. The third kappa shape index (κ3) is 3.91. The first kappa shape index (κ1) is 21.8. The number of hydrogen-bond acceptors (Lipinski definition) is 8. The number of nitrogens with zero attached hydrogens (tertiary/aromatic N) is 8. The Morgan fingerprint density at radius 2 is 2.09 bits per heavy atom. The number of carbonyl (C=O) groups is 1. The van der Waals surface area contributed by atoms with Gasteiger partial charge in [0, 0.05) is 17.3 Å². The number of aryl methyl sites for hydroxylation is 1. The van der Waals surface area contributed by atoms with E-state index < -0.39 is 24.4 Å². The van der Waals surface area contributed by atoms with Crippen LogP contribution in [-0.2, 0) is 4.79 Å². The van der Waals surface area contributed by atoms with Crippen molar-refractivity contribution in [2.24, 2.45) is 0 Å². The van der Waals surface area contributed by atoms with Crippen molar-refractivity contribution in [3.05, 3.63) is 64.9 Å². The first-order valence-electron chi connectivity index (χ1n) is 10.2. The van der Waals surface area contributed by atoms with Gasteiger partial charge in [-0.05, 0) is 19.9 Å². The maximum Gasteiger partial charge on any atom is 0.281 e. The normalized spacial score (nSPS) is 16.3. The van der Waals surface area contributed by atoms with E-state index in [0.717, 1.165) is 15.8 Å². The fourth-order valence-corrected chi connectivity index (χ4v) is 4.32. The van der Waals surface area contributed by atoms with Crippen molar-refractivity contribution in [3.8, 4) is 10.7 Å². The molecule has 0 radical (unpaired) electrons. The molecule has 0 fully saturated rings. The van der Waals surface area contributed by atoms with Crippen LogP contribution in [-0.4, -0.2) is 50.6 Å². The number of fused-ring (bicyclic) bond motifs is 1. The Labute approximate surface area is 195 Å². The highest BCUT2D eigenvalue weighted by Gasteiger charge is 2.29. The molecule has 0 saturated carbocycles.